The van der Waals surface area contributed by atoms with Crippen LogP contribution < -0.4 is 10.6 Å². The van der Waals surface area contributed by atoms with Crippen molar-refractivity contribution >= 4 is 11.9 Å². The first-order valence-electron chi connectivity index (χ1n) is 6.01. The Bertz CT molecular complexity index is 192. The normalized spacial score (nSPS) is 8.89. The maximum absolute atomic E-state index is 9.55. The van der Waals surface area contributed by atoms with Crippen LogP contribution in [0, 0.1) is 0 Å². The van der Waals surface area contributed by atoms with Crippen molar-refractivity contribution in [3.05, 3.63) is 12.2 Å². The summed E-state index contributed by atoms with van der Waals surface area (Å²) in [5.41, 5.74) is 0. The van der Waals surface area contributed by atoms with Crippen molar-refractivity contribution in [3.63, 3.8) is 0 Å². The second kappa shape index (κ2) is 20.9. The zero-order valence-corrected chi connectivity index (χ0v) is 11.7. The van der Waals surface area contributed by atoms with Crippen LogP contribution in [-0.2, 0) is 9.59 Å². The lowest BCUT2D eigenvalue weighted by molar-refractivity contribution is -0.134. The molecule has 108 valence electrons. The van der Waals surface area contributed by atoms with Gasteiger partial charge in [-0.2, -0.15) is 0 Å². The fraction of sp³-hybridized carbons (Fsp3) is 0.667. The highest BCUT2D eigenvalue weighted by Crippen LogP contribution is 1.70. The van der Waals surface area contributed by atoms with Crippen molar-refractivity contribution in [3.8, 4) is 0 Å². The van der Waals surface area contributed by atoms with Crippen LogP contribution in [0.15, 0.2) is 12.2 Å². The van der Waals surface area contributed by atoms with E-state index in [1.807, 2.05) is 0 Å². The monoisotopic (exact) mass is 262 g/mol. The Labute approximate surface area is 109 Å². The third-order valence-electron chi connectivity index (χ3n) is 1.37. The number of hydrogen-bond donors (Lipinski definition) is 4. The molecule has 0 bridgehead atoms. The average molecular weight is 262 g/mol. The highest BCUT2D eigenvalue weighted by Gasteiger charge is 1.88. The van der Waals surface area contributed by atoms with E-state index in [9.17, 15) is 9.59 Å². The van der Waals surface area contributed by atoms with Crippen LogP contribution in [0.5, 0.6) is 0 Å². The molecule has 0 fully saturated rings. The van der Waals surface area contributed by atoms with Crippen LogP contribution in [0.4, 0.5) is 0 Å². The SMILES string of the molecule is CCNCC.CCNCC.O=C(O)/C=C/C(=O)O. The molecule has 0 spiro atoms. The number of hydrogen-bond acceptors (Lipinski definition) is 4. The molecule has 0 unspecified atom stereocenters. The Hall–Kier alpha value is -1.40. The predicted molar refractivity (Wildman–Crippen MR) is 72.8 cm³/mol. The van der Waals surface area contributed by atoms with Crippen LogP contribution in [0.2, 0.25) is 0 Å². The molecule has 0 aromatic carbocycles. The van der Waals surface area contributed by atoms with Gasteiger partial charge < -0.3 is 20.8 Å². The Morgan fingerprint density at radius 1 is 0.778 bits per heavy atom. The molecule has 0 saturated heterocycles. The van der Waals surface area contributed by atoms with Gasteiger partial charge in [0.15, 0.2) is 0 Å². The quantitative estimate of drug-likeness (QED) is 0.532. The Morgan fingerprint density at radius 3 is 1.06 bits per heavy atom. The predicted octanol–water partition coefficient (Wildman–Crippen LogP) is 0.943. The number of nitrogens with one attached hydrogen (secondary N) is 2. The van der Waals surface area contributed by atoms with Gasteiger partial charge >= 0.3 is 11.9 Å². The molecule has 0 amide bonds. The summed E-state index contributed by atoms with van der Waals surface area (Å²) < 4.78 is 0. The third kappa shape index (κ3) is 46.8. The summed E-state index contributed by atoms with van der Waals surface area (Å²) in [6.07, 6.45) is 1.12. The van der Waals surface area contributed by atoms with Gasteiger partial charge in [-0.05, 0) is 26.2 Å². The van der Waals surface area contributed by atoms with Crippen LogP contribution in [0.3, 0.4) is 0 Å². The number of aliphatic carboxylic acids is 2. The van der Waals surface area contributed by atoms with Crippen LogP contribution in [0.25, 0.3) is 0 Å². The summed E-state index contributed by atoms with van der Waals surface area (Å²) in [5.74, 6) is -2.51. The van der Waals surface area contributed by atoms with E-state index in [0.717, 1.165) is 26.2 Å². The third-order valence-corrected chi connectivity index (χ3v) is 1.37. The van der Waals surface area contributed by atoms with Gasteiger partial charge in [-0.1, -0.05) is 27.7 Å². The Morgan fingerprint density at radius 2 is 1.00 bits per heavy atom. The van der Waals surface area contributed by atoms with E-state index in [0.29, 0.717) is 12.2 Å². The standard InChI is InChI=1S/2C4H11N.C4H4O4/c2*1-3-5-4-2;5-3(6)1-2-4(7)8/h2*5H,3-4H2,1-2H3;1-2H,(H,5,6)(H,7,8)/b;;2-1+. The molecule has 0 rings (SSSR count). The fourth-order valence-electron chi connectivity index (χ4n) is 0.643. The summed E-state index contributed by atoms with van der Waals surface area (Å²) >= 11 is 0. The van der Waals surface area contributed by atoms with Gasteiger partial charge in [-0.15, -0.1) is 0 Å². The first-order valence-corrected chi connectivity index (χ1v) is 6.01. The van der Waals surface area contributed by atoms with Crippen LogP contribution in [-0.4, -0.2) is 48.3 Å². The molecule has 4 N–H and O–H groups in total. The minimum atomic E-state index is -1.26. The highest BCUT2D eigenvalue weighted by molar-refractivity contribution is 5.89. The molecular weight excluding hydrogens is 236 g/mol. The Balaban J connectivity index is -0.000000197. The molecule has 0 aliphatic rings. The minimum Gasteiger partial charge on any atom is -0.478 e. The number of carboxylic acids is 2. The minimum absolute atomic E-state index is 0.558. The zero-order chi connectivity index (χ0) is 14.8. The maximum Gasteiger partial charge on any atom is 0.328 e. The molecule has 0 aromatic heterocycles. The first kappa shape index (κ1) is 21.8. The topological polar surface area (TPSA) is 98.7 Å². The molecule has 0 radical (unpaired) electrons. The molecule has 6 heteroatoms. The zero-order valence-electron chi connectivity index (χ0n) is 11.7. The molecule has 0 aliphatic heterocycles. The van der Waals surface area contributed by atoms with Crippen molar-refractivity contribution in [2.75, 3.05) is 26.2 Å². The van der Waals surface area contributed by atoms with Crippen LogP contribution in [0.1, 0.15) is 27.7 Å². The van der Waals surface area contributed by atoms with E-state index >= 15 is 0 Å². The van der Waals surface area contributed by atoms with E-state index in [1.165, 1.54) is 0 Å². The van der Waals surface area contributed by atoms with Crippen molar-refractivity contribution in [1.82, 2.24) is 10.6 Å². The second-order valence-electron chi connectivity index (χ2n) is 2.92. The van der Waals surface area contributed by atoms with Gasteiger partial charge in [-0.3, -0.25) is 0 Å². The molecular formula is C12H26N2O4. The maximum atomic E-state index is 9.55. The molecule has 0 atom stereocenters. The molecule has 0 aliphatic carbocycles. The van der Waals surface area contributed by atoms with E-state index in [1.54, 1.807) is 0 Å². The van der Waals surface area contributed by atoms with Gasteiger partial charge in [0.1, 0.15) is 0 Å². The number of carboxylic acid groups (broad SMARTS) is 2. The van der Waals surface area contributed by atoms with Crippen molar-refractivity contribution in [2.45, 2.75) is 27.7 Å². The fourth-order valence-corrected chi connectivity index (χ4v) is 0.643. The molecule has 0 heterocycles. The molecule has 0 aromatic rings. The van der Waals surface area contributed by atoms with Gasteiger partial charge in [0.25, 0.3) is 0 Å². The Kier molecular flexibility index (Phi) is 25.4. The number of rotatable bonds is 6. The number of carbonyl (C=O) groups is 2. The second-order valence-corrected chi connectivity index (χ2v) is 2.92. The average Bonchev–Trinajstić information content (AvgIpc) is 2.30. The van der Waals surface area contributed by atoms with E-state index in [4.69, 9.17) is 10.2 Å². The highest BCUT2D eigenvalue weighted by atomic mass is 16.4. The largest absolute Gasteiger partial charge is 0.478 e. The van der Waals surface area contributed by atoms with Gasteiger partial charge in [-0.25, -0.2) is 9.59 Å². The van der Waals surface area contributed by atoms with Gasteiger partial charge in [0.2, 0.25) is 0 Å². The molecule has 6 nitrogen and oxygen atoms in total. The van der Waals surface area contributed by atoms with Gasteiger partial charge in [0, 0.05) is 12.2 Å². The van der Waals surface area contributed by atoms with Gasteiger partial charge in [0.05, 0.1) is 0 Å². The first-order chi connectivity index (χ1) is 8.45. The van der Waals surface area contributed by atoms with Crippen molar-refractivity contribution < 1.29 is 19.8 Å². The molecule has 0 saturated carbocycles. The van der Waals surface area contributed by atoms with Crippen molar-refractivity contribution in [1.29, 1.82) is 0 Å². The summed E-state index contributed by atoms with van der Waals surface area (Å²) in [7, 11) is 0. The summed E-state index contributed by atoms with van der Waals surface area (Å²) in [4.78, 5) is 19.1. The van der Waals surface area contributed by atoms with Crippen molar-refractivity contribution in [2.24, 2.45) is 0 Å². The van der Waals surface area contributed by atoms with E-state index in [-0.39, 0.29) is 0 Å². The van der Waals surface area contributed by atoms with Crippen LogP contribution >= 0.6 is 0 Å². The summed E-state index contributed by atoms with van der Waals surface area (Å²) in [6.45, 7) is 12.8. The summed E-state index contributed by atoms with van der Waals surface area (Å²) in [5, 5.41) is 21.8. The lowest BCUT2D eigenvalue weighted by Gasteiger charge is -1.86. The smallest absolute Gasteiger partial charge is 0.328 e. The summed E-state index contributed by atoms with van der Waals surface area (Å²) in [6, 6.07) is 0. The van der Waals surface area contributed by atoms with E-state index < -0.39 is 11.9 Å². The molecule has 18 heavy (non-hydrogen) atoms. The lowest BCUT2D eigenvalue weighted by Crippen LogP contribution is -2.09. The lowest BCUT2D eigenvalue weighted by atomic mass is 10.5. The van der Waals surface area contributed by atoms with E-state index in [2.05, 4.69) is 38.3 Å².